The van der Waals surface area contributed by atoms with Crippen LogP contribution in [0.5, 0.6) is 11.5 Å². The average Bonchev–Trinajstić information content (AvgIpc) is 3.04. The molecule has 30 heavy (non-hydrogen) atoms. The van der Waals surface area contributed by atoms with Crippen LogP contribution in [-0.4, -0.2) is 24.9 Å². The molecule has 1 fully saturated rings. The molecule has 7 heteroatoms. The number of nitrogens with zero attached hydrogens (tertiary/aromatic N) is 4. The van der Waals surface area contributed by atoms with Gasteiger partial charge in [0.2, 0.25) is 0 Å². The summed E-state index contributed by atoms with van der Waals surface area (Å²) in [6.07, 6.45) is 8.96. The van der Waals surface area contributed by atoms with E-state index in [4.69, 9.17) is 9.84 Å². The highest BCUT2D eigenvalue weighted by molar-refractivity contribution is 5.58. The number of anilines is 2. The van der Waals surface area contributed by atoms with Crippen molar-refractivity contribution in [2.24, 2.45) is 0 Å². The molecular weight excluding hydrogens is 378 g/mol. The summed E-state index contributed by atoms with van der Waals surface area (Å²) >= 11 is 0. The Balaban J connectivity index is 1.55. The summed E-state index contributed by atoms with van der Waals surface area (Å²) in [5.74, 6) is 2.66. The Labute approximate surface area is 177 Å². The Morgan fingerprint density at radius 3 is 2.60 bits per heavy atom. The maximum Gasteiger partial charge on any atom is 0.168 e. The predicted octanol–water partition coefficient (Wildman–Crippen LogP) is 5.28. The molecule has 3 aromatic rings. The molecule has 2 N–H and O–H groups in total. The number of rotatable bonds is 7. The summed E-state index contributed by atoms with van der Waals surface area (Å²) in [6.45, 7) is 7.66. The van der Waals surface area contributed by atoms with E-state index in [9.17, 15) is 5.11 Å². The summed E-state index contributed by atoms with van der Waals surface area (Å²) in [6, 6.07) is 7.65. The van der Waals surface area contributed by atoms with Crippen molar-refractivity contribution in [1.29, 1.82) is 0 Å². The van der Waals surface area contributed by atoms with Gasteiger partial charge in [-0.15, -0.1) is 0 Å². The van der Waals surface area contributed by atoms with Crippen LogP contribution < -0.4 is 10.1 Å². The van der Waals surface area contributed by atoms with Gasteiger partial charge < -0.3 is 15.2 Å². The van der Waals surface area contributed by atoms with E-state index in [-0.39, 0.29) is 6.04 Å². The smallest absolute Gasteiger partial charge is 0.168 e. The predicted molar refractivity (Wildman–Crippen MR) is 116 cm³/mol. The second-order valence-electron chi connectivity index (χ2n) is 8.67. The van der Waals surface area contributed by atoms with E-state index in [1.54, 1.807) is 26.2 Å². The molecule has 1 aliphatic carbocycles. The summed E-state index contributed by atoms with van der Waals surface area (Å²) in [5.41, 5.74) is 1.43. The molecule has 0 aromatic carbocycles. The molecule has 1 aliphatic rings. The van der Waals surface area contributed by atoms with Crippen molar-refractivity contribution in [3.05, 3.63) is 54.2 Å². The van der Waals surface area contributed by atoms with Crippen LogP contribution in [0, 0.1) is 0 Å². The first kappa shape index (κ1) is 20.3. The van der Waals surface area contributed by atoms with Gasteiger partial charge in [0, 0.05) is 36.1 Å². The monoisotopic (exact) mass is 407 g/mol. The van der Waals surface area contributed by atoms with Crippen molar-refractivity contribution >= 4 is 11.5 Å². The third-order valence-corrected chi connectivity index (χ3v) is 5.36. The molecule has 158 valence electrons. The topological polar surface area (TPSA) is 85.1 Å². The lowest BCUT2D eigenvalue weighted by atomic mass is 9.83. The second-order valence-corrected chi connectivity index (χ2v) is 8.67. The first-order valence-corrected chi connectivity index (χ1v) is 10.5. The standard InChI is InChI=1S/C23H29N5O2/c1-15(2)28-14-19(22(27-28)16-6-5-7-16)30-18-9-11-25-21(13-18)26-17-8-10-24-20(12-17)23(3,4)29/h8-16,29H,5-7H2,1-4H3,(H,24,25,26). The van der Waals surface area contributed by atoms with Crippen LogP contribution >= 0.6 is 0 Å². The maximum atomic E-state index is 10.2. The number of aromatic nitrogens is 4. The molecule has 7 nitrogen and oxygen atoms in total. The van der Waals surface area contributed by atoms with Crippen LogP contribution in [0.3, 0.4) is 0 Å². The molecular formula is C23H29N5O2. The van der Waals surface area contributed by atoms with Gasteiger partial charge in [-0.05, 0) is 58.7 Å². The van der Waals surface area contributed by atoms with Gasteiger partial charge in [-0.3, -0.25) is 9.67 Å². The molecule has 0 atom stereocenters. The fourth-order valence-electron chi connectivity index (χ4n) is 3.36. The number of hydrogen-bond donors (Lipinski definition) is 2. The lowest BCUT2D eigenvalue weighted by Crippen LogP contribution is -2.17. The van der Waals surface area contributed by atoms with Crippen LogP contribution in [0.25, 0.3) is 0 Å². The Hall–Kier alpha value is -2.93. The van der Waals surface area contributed by atoms with Crippen LogP contribution in [0.1, 0.15) is 70.3 Å². The Morgan fingerprint density at radius 1 is 1.17 bits per heavy atom. The highest BCUT2D eigenvalue weighted by Gasteiger charge is 2.27. The van der Waals surface area contributed by atoms with Crippen molar-refractivity contribution in [3.63, 3.8) is 0 Å². The fraction of sp³-hybridized carbons (Fsp3) is 0.435. The first-order valence-electron chi connectivity index (χ1n) is 10.5. The maximum absolute atomic E-state index is 10.2. The number of pyridine rings is 2. The zero-order chi connectivity index (χ0) is 21.3. The Bertz CT molecular complexity index is 1020. The summed E-state index contributed by atoms with van der Waals surface area (Å²) in [7, 11) is 0. The molecule has 0 radical (unpaired) electrons. The second kappa shape index (κ2) is 8.07. The minimum atomic E-state index is -1.01. The Kier molecular flexibility index (Phi) is 5.47. The molecule has 4 rings (SSSR count). The van der Waals surface area contributed by atoms with Gasteiger partial charge in [0.05, 0.1) is 11.9 Å². The fourth-order valence-corrected chi connectivity index (χ4v) is 3.36. The van der Waals surface area contributed by atoms with Gasteiger partial charge in [-0.1, -0.05) is 6.42 Å². The molecule has 0 saturated heterocycles. The summed E-state index contributed by atoms with van der Waals surface area (Å²) in [5, 5.41) is 18.2. The summed E-state index contributed by atoms with van der Waals surface area (Å²) < 4.78 is 8.21. The van der Waals surface area contributed by atoms with Crippen molar-refractivity contribution in [3.8, 4) is 11.5 Å². The minimum absolute atomic E-state index is 0.285. The van der Waals surface area contributed by atoms with Crippen LogP contribution in [0.2, 0.25) is 0 Å². The van der Waals surface area contributed by atoms with Crippen molar-refractivity contribution in [2.75, 3.05) is 5.32 Å². The largest absolute Gasteiger partial charge is 0.454 e. The third-order valence-electron chi connectivity index (χ3n) is 5.36. The zero-order valence-electron chi connectivity index (χ0n) is 18.0. The molecule has 1 saturated carbocycles. The van der Waals surface area contributed by atoms with Gasteiger partial charge >= 0.3 is 0 Å². The van der Waals surface area contributed by atoms with Gasteiger partial charge in [0.1, 0.15) is 22.9 Å². The highest BCUT2D eigenvalue weighted by Crippen LogP contribution is 2.41. The average molecular weight is 408 g/mol. The van der Waals surface area contributed by atoms with E-state index < -0.39 is 5.60 Å². The summed E-state index contributed by atoms with van der Waals surface area (Å²) in [4.78, 5) is 8.63. The van der Waals surface area contributed by atoms with Gasteiger partial charge in [-0.2, -0.15) is 5.10 Å². The normalized spacial score (nSPS) is 14.6. The Morgan fingerprint density at radius 2 is 1.93 bits per heavy atom. The lowest BCUT2D eigenvalue weighted by molar-refractivity contribution is 0.0739. The molecule has 0 aliphatic heterocycles. The van der Waals surface area contributed by atoms with E-state index >= 15 is 0 Å². The van der Waals surface area contributed by atoms with E-state index in [0.29, 0.717) is 23.2 Å². The van der Waals surface area contributed by atoms with E-state index in [0.717, 1.165) is 17.1 Å². The number of ether oxygens (including phenoxy) is 1. The third kappa shape index (κ3) is 4.46. The van der Waals surface area contributed by atoms with Crippen LogP contribution in [0.4, 0.5) is 11.5 Å². The van der Waals surface area contributed by atoms with Crippen molar-refractivity contribution in [1.82, 2.24) is 19.7 Å². The van der Waals surface area contributed by atoms with E-state index in [2.05, 4.69) is 29.1 Å². The highest BCUT2D eigenvalue weighted by atomic mass is 16.5. The molecule has 0 amide bonds. The number of hydrogen-bond acceptors (Lipinski definition) is 6. The SMILES string of the molecule is CC(C)n1cc(Oc2ccnc(Nc3ccnc(C(C)(C)O)c3)c2)c(C2CCC2)n1. The van der Waals surface area contributed by atoms with Crippen LogP contribution in [-0.2, 0) is 5.60 Å². The van der Waals surface area contributed by atoms with Gasteiger partial charge in [0.25, 0.3) is 0 Å². The lowest BCUT2D eigenvalue weighted by Gasteiger charge is -2.24. The van der Waals surface area contributed by atoms with E-state index in [1.807, 2.05) is 35.1 Å². The quantitative estimate of drug-likeness (QED) is 0.554. The van der Waals surface area contributed by atoms with Gasteiger partial charge in [0.15, 0.2) is 5.75 Å². The number of aliphatic hydroxyl groups is 1. The van der Waals surface area contributed by atoms with Gasteiger partial charge in [-0.25, -0.2) is 4.98 Å². The molecule has 0 unspecified atom stereocenters. The molecule has 0 spiro atoms. The molecule has 3 heterocycles. The van der Waals surface area contributed by atoms with E-state index in [1.165, 1.54) is 19.3 Å². The zero-order valence-corrected chi connectivity index (χ0v) is 18.0. The first-order chi connectivity index (χ1) is 14.3. The molecule has 3 aromatic heterocycles. The van der Waals surface area contributed by atoms with Crippen molar-refractivity contribution < 1.29 is 9.84 Å². The van der Waals surface area contributed by atoms with Crippen LogP contribution in [0.15, 0.2) is 42.9 Å². The minimum Gasteiger partial charge on any atom is -0.454 e. The number of nitrogens with one attached hydrogen (secondary N) is 1. The van der Waals surface area contributed by atoms with Crippen molar-refractivity contribution in [2.45, 2.75) is 64.5 Å². The molecule has 0 bridgehead atoms.